The number of carbonyl (C=O) groups excluding carboxylic acids is 2. The van der Waals surface area contributed by atoms with Gasteiger partial charge in [0.05, 0.1) is 6.54 Å². The van der Waals surface area contributed by atoms with E-state index in [0.717, 1.165) is 23.3 Å². The summed E-state index contributed by atoms with van der Waals surface area (Å²) in [6, 6.07) is 8.45. The van der Waals surface area contributed by atoms with Crippen LogP contribution in [0.3, 0.4) is 0 Å². The molecule has 2 amide bonds. The van der Waals surface area contributed by atoms with Crippen LogP contribution in [0.5, 0.6) is 0 Å². The molecule has 0 unspecified atom stereocenters. The number of thiophene rings is 1. The Kier molecular flexibility index (Phi) is 6.95. The molecule has 2 aromatic rings. The van der Waals surface area contributed by atoms with Crippen molar-refractivity contribution in [2.45, 2.75) is 44.4 Å². The third kappa shape index (κ3) is 5.27. The molecule has 0 bridgehead atoms. The van der Waals surface area contributed by atoms with Crippen molar-refractivity contribution >= 4 is 38.9 Å². The minimum atomic E-state index is -3.48. The first-order valence-corrected chi connectivity index (χ1v) is 12.2. The number of anilines is 1. The van der Waals surface area contributed by atoms with Crippen molar-refractivity contribution < 1.29 is 18.0 Å². The van der Waals surface area contributed by atoms with Gasteiger partial charge in [-0.3, -0.25) is 9.59 Å². The number of nitrogens with one attached hydrogen (secondary N) is 2. The molecule has 3 rings (SSSR count). The molecule has 0 aliphatic carbocycles. The molecule has 1 aromatic heterocycles. The molecule has 0 saturated carbocycles. The number of hydrogen-bond donors (Lipinski definition) is 2. The highest BCUT2D eigenvalue weighted by atomic mass is 32.2. The van der Waals surface area contributed by atoms with Crippen LogP contribution in [0.15, 0.2) is 34.5 Å². The summed E-state index contributed by atoms with van der Waals surface area (Å²) in [6.45, 7) is 6.75. The van der Waals surface area contributed by atoms with Gasteiger partial charge in [-0.1, -0.05) is 13.0 Å². The summed E-state index contributed by atoms with van der Waals surface area (Å²) in [5.41, 5.74) is 1.88. The predicted molar refractivity (Wildman–Crippen MR) is 118 cm³/mol. The maximum absolute atomic E-state index is 12.8. The monoisotopic (exact) mass is 449 g/mol. The second-order valence-electron chi connectivity index (χ2n) is 7.70. The summed E-state index contributed by atoms with van der Waals surface area (Å²) in [6.07, 6.45) is 1.76. The van der Waals surface area contributed by atoms with Gasteiger partial charge in [-0.15, -0.1) is 11.3 Å². The van der Waals surface area contributed by atoms with Crippen LogP contribution in [0, 0.1) is 12.8 Å². The zero-order valence-electron chi connectivity index (χ0n) is 17.4. The Morgan fingerprint density at radius 2 is 1.87 bits per heavy atom. The van der Waals surface area contributed by atoms with E-state index in [4.69, 9.17) is 0 Å². The van der Waals surface area contributed by atoms with Crippen LogP contribution in [0.1, 0.15) is 47.5 Å². The van der Waals surface area contributed by atoms with Crippen molar-refractivity contribution in [2.24, 2.45) is 5.92 Å². The second kappa shape index (κ2) is 9.28. The van der Waals surface area contributed by atoms with E-state index in [2.05, 4.69) is 17.6 Å². The Hall–Kier alpha value is -2.23. The molecule has 1 aliphatic rings. The molecular weight excluding hydrogens is 422 g/mol. The molecule has 1 aliphatic heterocycles. The molecule has 0 atom stereocenters. The SMILES string of the molecule is CC(=O)Nc1cc(C(=O)NCc2ccc(S(=O)(=O)N3CCC(C)CC3)s2)ccc1C. The van der Waals surface area contributed by atoms with Crippen LogP contribution < -0.4 is 10.6 Å². The van der Waals surface area contributed by atoms with E-state index in [9.17, 15) is 18.0 Å². The average Bonchev–Trinajstić information content (AvgIpc) is 3.18. The lowest BCUT2D eigenvalue weighted by molar-refractivity contribution is -0.114. The van der Waals surface area contributed by atoms with Crippen molar-refractivity contribution in [1.82, 2.24) is 9.62 Å². The lowest BCUT2D eigenvalue weighted by Gasteiger charge is -2.28. The molecule has 1 aromatic carbocycles. The normalized spacial score (nSPS) is 15.7. The predicted octanol–water partition coefficient (Wildman–Crippen LogP) is 3.37. The van der Waals surface area contributed by atoms with E-state index in [-0.39, 0.29) is 18.4 Å². The standard InChI is InChI=1S/C21H27N3O4S2/c1-14-8-10-24(11-9-14)30(27,28)20-7-6-18(29-20)13-22-21(26)17-5-4-15(2)19(12-17)23-16(3)25/h4-7,12,14H,8-11,13H2,1-3H3,(H,22,26)(H,23,25). The fourth-order valence-corrected chi connectivity index (χ4v) is 6.22. The number of rotatable bonds is 6. The molecule has 2 N–H and O–H groups in total. The van der Waals surface area contributed by atoms with E-state index in [1.165, 1.54) is 18.3 Å². The first-order chi connectivity index (χ1) is 14.2. The molecule has 1 fully saturated rings. The quantitative estimate of drug-likeness (QED) is 0.707. The van der Waals surface area contributed by atoms with Crippen LogP contribution in [0.2, 0.25) is 0 Å². The zero-order valence-corrected chi connectivity index (χ0v) is 19.0. The van der Waals surface area contributed by atoms with Crippen LogP contribution in [-0.4, -0.2) is 37.6 Å². The van der Waals surface area contributed by atoms with Crippen LogP contribution in [-0.2, 0) is 21.4 Å². The molecule has 9 heteroatoms. The Morgan fingerprint density at radius 3 is 2.53 bits per heavy atom. The van der Waals surface area contributed by atoms with Crippen molar-refractivity contribution in [3.8, 4) is 0 Å². The molecule has 30 heavy (non-hydrogen) atoms. The summed E-state index contributed by atoms with van der Waals surface area (Å²) >= 11 is 1.18. The number of nitrogens with zero attached hydrogens (tertiary/aromatic N) is 1. The molecule has 1 saturated heterocycles. The summed E-state index contributed by atoms with van der Waals surface area (Å²) in [5, 5.41) is 5.52. The van der Waals surface area contributed by atoms with E-state index >= 15 is 0 Å². The number of carbonyl (C=O) groups is 2. The van der Waals surface area contributed by atoms with Crippen LogP contribution in [0.25, 0.3) is 0 Å². The van der Waals surface area contributed by atoms with Crippen LogP contribution in [0.4, 0.5) is 5.69 Å². The summed E-state index contributed by atoms with van der Waals surface area (Å²) in [5.74, 6) is 0.0640. The third-order valence-electron chi connectivity index (χ3n) is 5.21. The third-order valence-corrected chi connectivity index (χ3v) is 8.66. The lowest BCUT2D eigenvalue weighted by Crippen LogP contribution is -2.37. The minimum absolute atomic E-state index is 0.203. The number of sulfonamides is 1. The van der Waals surface area contributed by atoms with E-state index in [0.29, 0.717) is 34.5 Å². The first-order valence-electron chi connectivity index (χ1n) is 9.92. The molecule has 0 spiro atoms. The lowest BCUT2D eigenvalue weighted by atomic mass is 10.0. The molecule has 0 radical (unpaired) electrons. The topological polar surface area (TPSA) is 95.6 Å². The van der Waals surface area contributed by atoms with Gasteiger partial charge in [-0.2, -0.15) is 4.31 Å². The highest BCUT2D eigenvalue weighted by Crippen LogP contribution is 2.28. The fraction of sp³-hybridized carbons (Fsp3) is 0.429. The summed E-state index contributed by atoms with van der Waals surface area (Å²) in [4.78, 5) is 24.6. The van der Waals surface area contributed by atoms with Crippen LogP contribution >= 0.6 is 11.3 Å². The second-order valence-corrected chi connectivity index (χ2v) is 11.0. The van der Waals surface area contributed by atoms with Crippen molar-refractivity contribution in [3.63, 3.8) is 0 Å². The minimum Gasteiger partial charge on any atom is -0.347 e. The number of piperidine rings is 1. The average molecular weight is 450 g/mol. The highest BCUT2D eigenvalue weighted by Gasteiger charge is 2.29. The Bertz CT molecular complexity index is 1040. The number of amides is 2. The van der Waals surface area contributed by atoms with Crippen molar-refractivity contribution in [2.75, 3.05) is 18.4 Å². The van der Waals surface area contributed by atoms with Gasteiger partial charge < -0.3 is 10.6 Å². The van der Waals surface area contributed by atoms with Gasteiger partial charge in [-0.25, -0.2) is 8.42 Å². The maximum Gasteiger partial charge on any atom is 0.252 e. The van der Waals surface area contributed by atoms with Crippen molar-refractivity contribution in [3.05, 3.63) is 46.3 Å². The largest absolute Gasteiger partial charge is 0.347 e. The van der Waals surface area contributed by atoms with Gasteiger partial charge in [0.2, 0.25) is 5.91 Å². The molecule has 2 heterocycles. The Labute approximate surface area is 181 Å². The van der Waals surface area contributed by atoms with Gasteiger partial charge in [0.15, 0.2) is 0 Å². The van der Waals surface area contributed by atoms with Crippen molar-refractivity contribution in [1.29, 1.82) is 0 Å². The van der Waals surface area contributed by atoms with E-state index < -0.39 is 10.0 Å². The smallest absolute Gasteiger partial charge is 0.252 e. The summed E-state index contributed by atoms with van der Waals surface area (Å²) in [7, 11) is -3.48. The zero-order chi connectivity index (χ0) is 21.9. The van der Waals surface area contributed by atoms with E-state index in [1.807, 2.05) is 6.92 Å². The highest BCUT2D eigenvalue weighted by molar-refractivity contribution is 7.91. The number of benzene rings is 1. The van der Waals surface area contributed by atoms with Gasteiger partial charge in [0, 0.05) is 36.1 Å². The van der Waals surface area contributed by atoms with E-state index in [1.54, 1.807) is 34.6 Å². The molecule has 162 valence electrons. The molecule has 7 nitrogen and oxygen atoms in total. The van der Waals surface area contributed by atoms with Gasteiger partial charge in [-0.05, 0) is 55.5 Å². The fourth-order valence-electron chi connectivity index (χ4n) is 3.30. The van der Waals surface area contributed by atoms with Gasteiger partial charge >= 0.3 is 0 Å². The summed E-state index contributed by atoms with van der Waals surface area (Å²) < 4.78 is 27.5. The van der Waals surface area contributed by atoms with Gasteiger partial charge in [0.25, 0.3) is 15.9 Å². The van der Waals surface area contributed by atoms with Gasteiger partial charge in [0.1, 0.15) is 4.21 Å². The Balaban J connectivity index is 1.64. The first kappa shape index (κ1) is 22.5. The Morgan fingerprint density at radius 1 is 1.17 bits per heavy atom. The number of aryl methyl sites for hydroxylation is 1. The number of hydrogen-bond acceptors (Lipinski definition) is 5. The molecular formula is C21H27N3O4S2. The maximum atomic E-state index is 12.8.